The Morgan fingerprint density at radius 3 is 2.92 bits per heavy atom. The number of nitrogens with zero attached hydrogens (tertiary/aromatic N) is 2. The Hall–Kier alpha value is -1.24. The van der Waals surface area contributed by atoms with Crippen molar-refractivity contribution in [1.29, 1.82) is 0 Å². The van der Waals surface area contributed by atoms with Crippen LogP contribution in [0.2, 0.25) is 0 Å². The maximum absolute atomic E-state index is 13.0. The molecule has 2 aromatic heterocycles. The third-order valence-corrected chi connectivity index (χ3v) is 6.82. The van der Waals surface area contributed by atoms with E-state index in [4.69, 9.17) is 0 Å². The van der Waals surface area contributed by atoms with Gasteiger partial charge in [0, 0.05) is 24.4 Å². The lowest BCUT2D eigenvalue weighted by atomic mass is 9.93. The van der Waals surface area contributed by atoms with E-state index in [0.29, 0.717) is 17.9 Å². The van der Waals surface area contributed by atoms with E-state index in [2.05, 4.69) is 32.0 Å². The van der Waals surface area contributed by atoms with Crippen LogP contribution in [0.15, 0.2) is 27.7 Å². The summed E-state index contributed by atoms with van der Waals surface area (Å²) in [6.45, 7) is 2.95. The fraction of sp³-hybridized carbons (Fsp3) is 0.556. The summed E-state index contributed by atoms with van der Waals surface area (Å²) in [5, 5.41) is 9.76. The van der Waals surface area contributed by atoms with Gasteiger partial charge in [0.25, 0.3) is 0 Å². The number of hydrogen-bond donors (Lipinski definition) is 1. The molecule has 24 heavy (non-hydrogen) atoms. The molecule has 0 bridgehead atoms. The number of nitrogens with one attached hydrogen (secondary N) is 1. The van der Waals surface area contributed by atoms with E-state index in [1.54, 1.807) is 22.7 Å². The molecule has 0 radical (unpaired) electrons. The van der Waals surface area contributed by atoms with E-state index in [9.17, 15) is 4.79 Å². The van der Waals surface area contributed by atoms with E-state index in [-0.39, 0.29) is 5.91 Å². The first-order chi connectivity index (χ1) is 11.8. The first-order valence-electron chi connectivity index (χ1n) is 8.65. The van der Waals surface area contributed by atoms with Crippen LogP contribution in [-0.4, -0.2) is 34.9 Å². The zero-order valence-corrected chi connectivity index (χ0v) is 15.4. The Morgan fingerprint density at radius 2 is 2.21 bits per heavy atom. The normalized spacial score (nSPS) is 21.8. The highest BCUT2D eigenvalue weighted by Crippen LogP contribution is 2.56. The number of carbonyl (C=O) groups is 1. The van der Waals surface area contributed by atoms with Crippen LogP contribution in [0.3, 0.4) is 0 Å². The average molecular weight is 362 g/mol. The maximum Gasteiger partial charge on any atom is 0.223 e. The third-order valence-electron chi connectivity index (χ3n) is 5.45. The highest BCUT2D eigenvalue weighted by Gasteiger charge is 2.57. The Kier molecular flexibility index (Phi) is 4.70. The molecule has 1 aliphatic heterocycles. The van der Waals surface area contributed by atoms with Crippen molar-refractivity contribution in [2.75, 3.05) is 13.1 Å². The van der Waals surface area contributed by atoms with Gasteiger partial charge in [0.05, 0.1) is 11.2 Å². The van der Waals surface area contributed by atoms with Gasteiger partial charge >= 0.3 is 0 Å². The smallest absolute Gasteiger partial charge is 0.223 e. The topological polar surface area (TPSA) is 45.2 Å². The zero-order chi connectivity index (χ0) is 16.4. The van der Waals surface area contributed by atoms with E-state index >= 15 is 0 Å². The van der Waals surface area contributed by atoms with E-state index in [0.717, 1.165) is 31.7 Å². The monoisotopic (exact) mass is 361 g/mol. The van der Waals surface area contributed by atoms with Gasteiger partial charge in [-0.3, -0.25) is 4.79 Å². The second-order valence-electron chi connectivity index (χ2n) is 6.97. The van der Waals surface area contributed by atoms with Gasteiger partial charge in [0.1, 0.15) is 0 Å². The summed E-state index contributed by atoms with van der Waals surface area (Å²) in [4.78, 5) is 19.4. The van der Waals surface area contributed by atoms with Gasteiger partial charge in [-0.25, -0.2) is 4.98 Å². The molecule has 2 aliphatic rings. The van der Waals surface area contributed by atoms with Crippen molar-refractivity contribution in [3.05, 3.63) is 39.0 Å². The van der Waals surface area contributed by atoms with Gasteiger partial charge in [-0.15, -0.1) is 11.3 Å². The van der Waals surface area contributed by atoms with Crippen molar-refractivity contribution >= 4 is 28.6 Å². The second-order valence-corrected chi connectivity index (χ2v) is 8.46. The van der Waals surface area contributed by atoms with Crippen LogP contribution in [0.1, 0.15) is 36.9 Å². The minimum Gasteiger partial charge on any atom is -0.335 e. The lowest BCUT2D eigenvalue weighted by molar-refractivity contribution is -0.133. The third kappa shape index (κ3) is 3.41. The van der Waals surface area contributed by atoms with Crippen molar-refractivity contribution in [1.82, 2.24) is 15.2 Å². The van der Waals surface area contributed by atoms with Crippen LogP contribution in [-0.2, 0) is 17.8 Å². The maximum atomic E-state index is 13.0. The number of hydrogen-bond acceptors (Lipinski definition) is 5. The lowest BCUT2D eigenvalue weighted by Gasteiger charge is -2.29. The first kappa shape index (κ1) is 16.2. The summed E-state index contributed by atoms with van der Waals surface area (Å²) in [5.74, 6) is 0.287. The van der Waals surface area contributed by atoms with Crippen molar-refractivity contribution in [3.8, 4) is 0 Å². The van der Waals surface area contributed by atoms with E-state index < -0.39 is 0 Å². The number of thiophene rings is 1. The molecule has 2 aromatic rings. The van der Waals surface area contributed by atoms with Crippen molar-refractivity contribution in [2.45, 2.75) is 44.7 Å². The van der Waals surface area contributed by atoms with Crippen LogP contribution in [0.4, 0.5) is 0 Å². The van der Waals surface area contributed by atoms with Crippen molar-refractivity contribution < 1.29 is 4.79 Å². The zero-order valence-electron chi connectivity index (χ0n) is 13.7. The molecular weight excluding hydrogens is 338 g/mol. The molecule has 1 unspecified atom stereocenters. The van der Waals surface area contributed by atoms with E-state index in [1.165, 1.54) is 24.8 Å². The van der Waals surface area contributed by atoms with E-state index in [1.807, 2.05) is 10.9 Å². The Bertz CT molecular complexity index is 663. The quantitative estimate of drug-likeness (QED) is 0.858. The highest BCUT2D eigenvalue weighted by molar-refractivity contribution is 7.08. The number of thiazole rings is 1. The molecule has 1 atom stereocenters. The molecule has 0 aromatic carbocycles. The number of rotatable bonds is 6. The lowest BCUT2D eigenvalue weighted by Crippen LogP contribution is -2.39. The van der Waals surface area contributed by atoms with Gasteiger partial charge < -0.3 is 10.2 Å². The highest BCUT2D eigenvalue weighted by atomic mass is 32.1. The molecule has 1 saturated carbocycles. The van der Waals surface area contributed by atoms with Gasteiger partial charge in [-0.05, 0) is 66.6 Å². The minimum absolute atomic E-state index is 0.287. The number of amides is 1. The molecule has 1 amide bonds. The van der Waals surface area contributed by atoms with Crippen LogP contribution < -0.4 is 5.32 Å². The Labute approximate surface area is 150 Å². The summed E-state index contributed by atoms with van der Waals surface area (Å²) >= 11 is 3.31. The summed E-state index contributed by atoms with van der Waals surface area (Å²) < 4.78 is 0. The molecule has 128 valence electrons. The van der Waals surface area contributed by atoms with Crippen LogP contribution >= 0.6 is 22.7 Å². The number of carbonyl (C=O) groups excluding carboxylic acids is 1. The molecular formula is C18H23N3OS2. The largest absolute Gasteiger partial charge is 0.335 e. The van der Waals surface area contributed by atoms with Gasteiger partial charge in [-0.1, -0.05) is 0 Å². The minimum atomic E-state index is 0.287. The molecule has 2 fully saturated rings. The standard InChI is InChI=1S/C18H23N3OS2/c22-17(2-1-15-12-24-13-20-15)21(10-14-3-8-23-11-14)16-9-18(16)4-6-19-7-5-18/h3,8,11-13,16,19H,1-2,4-7,9-10H2. The summed E-state index contributed by atoms with van der Waals surface area (Å²) in [6, 6.07) is 2.57. The SMILES string of the molecule is O=C(CCc1cscn1)N(Cc1ccsc1)C1CC12CCNCC2. The number of aromatic nitrogens is 1. The fourth-order valence-corrected chi connectivity index (χ4v) is 5.17. The van der Waals surface area contributed by atoms with Crippen LogP contribution in [0.5, 0.6) is 0 Å². The molecule has 3 heterocycles. The van der Waals surface area contributed by atoms with Gasteiger partial charge in [0.15, 0.2) is 0 Å². The summed E-state index contributed by atoms with van der Waals surface area (Å²) in [5.41, 5.74) is 4.53. The Morgan fingerprint density at radius 1 is 1.33 bits per heavy atom. The first-order valence-corrected chi connectivity index (χ1v) is 10.5. The molecule has 1 spiro atoms. The predicted molar refractivity (Wildman–Crippen MR) is 98.2 cm³/mol. The van der Waals surface area contributed by atoms with Crippen molar-refractivity contribution in [3.63, 3.8) is 0 Å². The van der Waals surface area contributed by atoms with Gasteiger partial charge in [0.2, 0.25) is 5.91 Å². The second kappa shape index (κ2) is 6.94. The molecule has 1 aliphatic carbocycles. The average Bonchev–Trinajstić information content (AvgIpc) is 3.06. The van der Waals surface area contributed by atoms with Crippen LogP contribution in [0.25, 0.3) is 0 Å². The summed E-state index contributed by atoms with van der Waals surface area (Å²) in [6.07, 6.45) is 4.91. The number of aryl methyl sites for hydroxylation is 1. The number of piperidine rings is 1. The molecule has 1 saturated heterocycles. The molecule has 1 N–H and O–H groups in total. The Balaban J connectivity index is 1.44. The van der Waals surface area contributed by atoms with Gasteiger partial charge in [-0.2, -0.15) is 11.3 Å². The fourth-order valence-electron chi connectivity index (χ4n) is 3.92. The predicted octanol–water partition coefficient (Wildman–Crippen LogP) is 3.31. The van der Waals surface area contributed by atoms with Crippen molar-refractivity contribution in [2.24, 2.45) is 5.41 Å². The summed E-state index contributed by atoms with van der Waals surface area (Å²) in [7, 11) is 0. The molecule has 4 nitrogen and oxygen atoms in total. The van der Waals surface area contributed by atoms with Crippen LogP contribution in [0, 0.1) is 5.41 Å². The molecule has 4 rings (SSSR count). The molecule has 6 heteroatoms.